The molecular formula is C48H44B2N2O2. The third-order valence-corrected chi connectivity index (χ3v) is 13.4. The number of aryl methyl sites for hydroxylation is 2. The number of carbonyl (C=O) groups is 2. The molecule has 4 nitrogen and oxygen atoms in total. The number of carbonyl (C=O) groups excluding carboxylic acids is 2. The predicted molar refractivity (Wildman–Crippen MR) is 229 cm³/mol. The smallest absolute Gasteiger partial charge is 0.166 e. The van der Waals surface area contributed by atoms with Crippen molar-refractivity contribution in [2.24, 2.45) is 11.8 Å². The number of benzene rings is 5. The van der Waals surface area contributed by atoms with E-state index in [2.05, 4.69) is 83.3 Å². The number of aldehydes is 1. The summed E-state index contributed by atoms with van der Waals surface area (Å²) in [5.41, 5.74) is 12.6. The summed E-state index contributed by atoms with van der Waals surface area (Å²) in [6.45, 7) is 8.41. The lowest BCUT2D eigenvalue weighted by atomic mass is 9.77. The maximum atomic E-state index is 14.0. The molecule has 1 unspecified atom stereocenters. The first-order chi connectivity index (χ1) is 26.4. The fourth-order valence-corrected chi connectivity index (χ4v) is 11.0. The van der Waals surface area contributed by atoms with Crippen LogP contribution in [0.2, 0.25) is 0 Å². The minimum absolute atomic E-state index is 0.0841. The molecule has 0 saturated heterocycles. The van der Waals surface area contributed by atoms with Gasteiger partial charge in [0, 0.05) is 71.5 Å². The van der Waals surface area contributed by atoms with E-state index in [0.29, 0.717) is 11.7 Å². The molecule has 4 aromatic heterocycles. The molecule has 1 atom stereocenters. The summed E-state index contributed by atoms with van der Waals surface area (Å²) < 4.78 is 4.69. The van der Waals surface area contributed by atoms with Gasteiger partial charge in [0.15, 0.2) is 5.78 Å². The van der Waals surface area contributed by atoms with E-state index in [1.54, 1.807) is 0 Å². The van der Waals surface area contributed by atoms with Crippen molar-refractivity contribution < 1.29 is 9.59 Å². The van der Waals surface area contributed by atoms with E-state index in [-0.39, 0.29) is 11.8 Å². The van der Waals surface area contributed by atoms with Gasteiger partial charge in [-0.1, -0.05) is 74.5 Å². The lowest BCUT2D eigenvalue weighted by molar-refractivity contribution is -0.111. The molecule has 1 saturated carbocycles. The lowest BCUT2D eigenvalue weighted by Crippen LogP contribution is -2.17. The Balaban J connectivity index is 0.00000178. The second kappa shape index (κ2) is 12.3. The zero-order valence-electron chi connectivity index (χ0n) is 31.8. The molecular weight excluding hydrogens is 658 g/mol. The fourth-order valence-electron chi connectivity index (χ4n) is 11.0. The van der Waals surface area contributed by atoms with Gasteiger partial charge < -0.3 is 13.6 Å². The normalized spacial score (nSPS) is 19.6. The van der Waals surface area contributed by atoms with Crippen LogP contribution in [0.1, 0.15) is 105 Å². The zero-order chi connectivity index (χ0) is 37.2. The predicted octanol–water partition coefficient (Wildman–Crippen LogP) is 10.3. The van der Waals surface area contributed by atoms with Crippen LogP contribution >= 0.6 is 0 Å². The third-order valence-electron chi connectivity index (χ3n) is 13.4. The molecule has 0 spiro atoms. The largest absolute Gasteiger partial charge is 0.309 e. The molecule has 2 aliphatic carbocycles. The van der Waals surface area contributed by atoms with E-state index in [4.69, 9.17) is 15.7 Å². The average molecular weight is 703 g/mol. The Kier molecular flexibility index (Phi) is 7.71. The number of para-hydroxylation sites is 2. The van der Waals surface area contributed by atoms with Crippen LogP contribution in [0.5, 0.6) is 0 Å². The summed E-state index contributed by atoms with van der Waals surface area (Å²) in [4.78, 5) is 25.5. The topological polar surface area (TPSA) is 43.0 Å². The second-order valence-electron chi connectivity index (χ2n) is 16.1. The standard InChI is InChI=1S/C46H38B2N2O2.C2H6/c1-3-7-26-8-4-9-27-19-34-28-10-5-12-30-39-40(47)44-38(41(48)45(39)50(42(28)30)37(34)21-33(27)46(26)52)31-13-6-11-29-35-20-32(25-16-14-24(22-51)15-17-25)23(2)18-36(35)49(44)43(29)31;1-2/h5-6,10-13,18-22,24-26H,3-4,7-9,14-17H2,1-2H3;1-2H3. The van der Waals surface area contributed by atoms with Crippen molar-refractivity contribution in [3.8, 4) is 0 Å². The monoisotopic (exact) mass is 702 g/mol. The average Bonchev–Trinajstić information content (AvgIpc) is 3.90. The summed E-state index contributed by atoms with van der Waals surface area (Å²) >= 11 is 0. The summed E-state index contributed by atoms with van der Waals surface area (Å²) in [6.07, 6.45) is 10.1. The Bertz CT molecular complexity index is 3000. The minimum Gasteiger partial charge on any atom is -0.309 e. The van der Waals surface area contributed by atoms with Crippen LogP contribution in [0, 0.1) is 18.8 Å². The van der Waals surface area contributed by atoms with Crippen molar-refractivity contribution in [3.05, 3.63) is 82.9 Å². The molecule has 4 radical (unpaired) electrons. The number of nitrogens with zero attached hydrogens (tertiary/aromatic N) is 2. The van der Waals surface area contributed by atoms with Gasteiger partial charge in [-0.25, -0.2) is 0 Å². The molecule has 5 aromatic carbocycles. The maximum absolute atomic E-state index is 14.0. The van der Waals surface area contributed by atoms with Gasteiger partial charge in [0.2, 0.25) is 0 Å². The van der Waals surface area contributed by atoms with E-state index in [0.717, 1.165) is 135 Å². The van der Waals surface area contributed by atoms with Crippen molar-refractivity contribution in [1.82, 2.24) is 8.80 Å². The van der Waals surface area contributed by atoms with Gasteiger partial charge in [0.05, 0.1) is 22.1 Å². The number of hydrogen-bond acceptors (Lipinski definition) is 2. The van der Waals surface area contributed by atoms with Gasteiger partial charge in [0.25, 0.3) is 0 Å². The highest BCUT2D eigenvalue weighted by Crippen LogP contribution is 2.45. The van der Waals surface area contributed by atoms with Crippen LogP contribution in [0.25, 0.3) is 76.2 Å². The van der Waals surface area contributed by atoms with Gasteiger partial charge in [0.1, 0.15) is 22.0 Å². The maximum Gasteiger partial charge on any atom is 0.166 e. The minimum atomic E-state index is 0.0841. The Labute approximate surface area is 318 Å². The zero-order valence-corrected chi connectivity index (χ0v) is 31.8. The van der Waals surface area contributed by atoms with Crippen molar-refractivity contribution in [2.75, 3.05) is 0 Å². The first-order valence-corrected chi connectivity index (χ1v) is 20.3. The van der Waals surface area contributed by atoms with Gasteiger partial charge in [-0.15, -0.1) is 0 Å². The van der Waals surface area contributed by atoms with Crippen LogP contribution in [-0.2, 0) is 11.2 Å². The van der Waals surface area contributed by atoms with Gasteiger partial charge in [-0.2, -0.15) is 0 Å². The Morgan fingerprint density at radius 2 is 1.30 bits per heavy atom. The second-order valence-corrected chi connectivity index (χ2v) is 16.1. The Morgan fingerprint density at radius 3 is 1.89 bits per heavy atom. The van der Waals surface area contributed by atoms with Crippen molar-refractivity contribution in [3.63, 3.8) is 0 Å². The first kappa shape index (κ1) is 33.7. The van der Waals surface area contributed by atoms with Crippen molar-refractivity contribution in [2.45, 2.75) is 91.4 Å². The van der Waals surface area contributed by atoms with E-state index >= 15 is 0 Å². The highest BCUT2D eigenvalue weighted by molar-refractivity contribution is 6.58. The molecule has 0 aliphatic heterocycles. The van der Waals surface area contributed by atoms with Crippen LogP contribution in [0.3, 0.4) is 0 Å². The molecule has 0 N–H and O–H groups in total. The summed E-state index contributed by atoms with van der Waals surface area (Å²) in [5, 5.41) is 8.97. The number of aromatic nitrogens is 2. The molecule has 11 rings (SSSR count). The molecule has 9 aromatic rings. The quantitative estimate of drug-likeness (QED) is 0.104. The number of rotatable bonds is 4. The Morgan fingerprint density at radius 1 is 0.722 bits per heavy atom. The Hall–Kier alpha value is -4.83. The fraction of sp³-hybridized carbons (Fsp3) is 0.333. The molecule has 264 valence electrons. The molecule has 0 bridgehead atoms. The van der Waals surface area contributed by atoms with Crippen molar-refractivity contribution in [1.29, 1.82) is 0 Å². The van der Waals surface area contributed by atoms with Gasteiger partial charge in [-0.05, 0) is 105 Å². The van der Waals surface area contributed by atoms with E-state index < -0.39 is 0 Å². The SMILES string of the molecule is CC.[B]c1c2c3cccc4c5cc6c(cc5n(c2c([B])c2c5cccc7c8cc(C9CCC(C=O)CC9)c(C)cc8n(c12)c75)c43)C(=O)C(CCC)CCC6. The summed E-state index contributed by atoms with van der Waals surface area (Å²) in [7, 11) is 14.9. The van der Waals surface area contributed by atoms with Crippen molar-refractivity contribution >= 4 is 115 Å². The first-order valence-electron chi connectivity index (χ1n) is 20.3. The molecule has 6 heteroatoms. The van der Waals surface area contributed by atoms with Crippen LogP contribution in [-0.4, -0.2) is 36.6 Å². The molecule has 54 heavy (non-hydrogen) atoms. The number of hydrogen-bond donors (Lipinski definition) is 0. The van der Waals surface area contributed by atoms with Gasteiger partial charge in [-0.3, -0.25) is 4.79 Å². The lowest BCUT2D eigenvalue weighted by Gasteiger charge is -2.27. The van der Waals surface area contributed by atoms with E-state index in [1.807, 2.05) is 13.8 Å². The highest BCUT2D eigenvalue weighted by Gasteiger charge is 2.30. The van der Waals surface area contributed by atoms with Crippen LogP contribution in [0.15, 0.2) is 60.7 Å². The number of ketones is 1. The molecule has 2 aliphatic rings. The molecule has 0 amide bonds. The third kappa shape index (κ3) is 4.34. The number of fused-ring (bicyclic) bond motifs is 13. The van der Waals surface area contributed by atoms with E-state index in [1.165, 1.54) is 38.2 Å². The van der Waals surface area contributed by atoms with E-state index in [9.17, 15) is 9.59 Å². The highest BCUT2D eigenvalue weighted by atomic mass is 16.1. The van der Waals surface area contributed by atoms with Gasteiger partial charge >= 0.3 is 0 Å². The van der Waals surface area contributed by atoms with Crippen LogP contribution < -0.4 is 10.9 Å². The van der Waals surface area contributed by atoms with Crippen LogP contribution in [0.4, 0.5) is 0 Å². The molecule has 4 heterocycles. The number of Topliss-reactive ketones (excluding diaryl/α,β-unsaturated/α-hetero) is 1. The molecule has 1 fully saturated rings. The summed E-state index contributed by atoms with van der Waals surface area (Å²) in [5.74, 6) is 1.04. The summed E-state index contributed by atoms with van der Waals surface area (Å²) in [6, 6.07) is 22.3.